The maximum Gasteiger partial charge on any atom is 0.255 e. The number of carbonyl (C=O) groups is 2. The van der Waals surface area contributed by atoms with Crippen molar-refractivity contribution in [2.75, 3.05) is 25.7 Å². The molecule has 0 aliphatic heterocycles. The van der Waals surface area contributed by atoms with Crippen LogP contribution in [0, 0.1) is 0 Å². The van der Waals surface area contributed by atoms with Crippen LogP contribution < -0.4 is 5.32 Å². The van der Waals surface area contributed by atoms with Crippen LogP contribution in [0.4, 0.5) is 5.69 Å². The van der Waals surface area contributed by atoms with E-state index in [2.05, 4.69) is 5.32 Å². The summed E-state index contributed by atoms with van der Waals surface area (Å²) in [5.41, 5.74) is 1.41. The van der Waals surface area contributed by atoms with E-state index in [0.717, 1.165) is 4.90 Å². The summed E-state index contributed by atoms with van der Waals surface area (Å²) in [5.74, 6) is -0.421. The fraction of sp³-hybridized carbons (Fsp3) is 0.176. The second kappa shape index (κ2) is 7.53. The van der Waals surface area contributed by atoms with E-state index in [1.807, 2.05) is 18.4 Å². The Kier molecular flexibility index (Phi) is 5.69. The molecule has 2 aromatic rings. The molecule has 1 N–H and O–H groups in total. The molecular weight excluding hydrogens is 332 g/mol. The Morgan fingerprint density at radius 3 is 2.22 bits per heavy atom. The van der Waals surface area contributed by atoms with Crippen LogP contribution in [0.3, 0.4) is 0 Å². The molecule has 23 heavy (non-hydrogen) atoms. The van der Waals surface area contributed by atoms with Crippen LogP contribution in [0.5, 0.6) is 0 Å². The van der Waals surface area contributed by atoms with E-state index in [1.54, 1.807) is 56.2 Å². The van der Waals surface area contributed by atoms with Crippen molar-refractivity contribution in [3.8, 4) is 0 Å². The topological polar surface area (TPSA) is 49.4 Å². The molecule has 0 aromatic heterocycles. The maximum absolute atomic E-state index is 12.3. The van der Waals surface area contributed by atoms with Gasteiger partial charge in [0, 0.05) is 30.1 Å². The van der Waals surface area contributed by atoms with Crippen molar-refractivity contribution < 1.29 is 9.59 Å². The van der Waals surface area contributed by atoms with Crippen LogP contribution >= 0.6 is 23.4 Å². The number of benzene rings is 2. The molecule has 0 aliphatic rings. The van der Waals surface area contributed by atoms with E-state index >= 15 is 0 Å². The van der Waals surface area contributed by atoms with E-state index < -0.39 is 0 Å². The van der Waals surface area contributed by atoms with Gasteiger partial charge in [-0.25, -0.2) is 0 Å². The Morgan fingerprint density at radius 1 is 1.04 bits per heavy atom. The molecule has 2 amide bonds. The van der Waals surface area contributed by atoms with Gasteiger partial charge in [0.2, 0.25) is 0 Å². The van der Waals surface area contributed by atoms with Crippen LogP contribution in [-0.4, -0.2) is 37.1 Å². The van der Waals surface area contributed by atoms with Gasteiger partial charge in [0.1, 0.15) is 0 Å². The van der Waals surface area contributed by atoms with Crippen molar-refractivity contribution in [3.63, 3.8) is 0 Å². The molecule has 0 fully saturated rings. The van der Waals surface area contributed by atoms with Crippen LogP contribution in [0.15, 0.2) is 47.4 Å². The molecule has 6 heteroatoms. The fourth-order valence-electron chi connectivity index (χ4n) is 1.95. The zero-order valence-corrected chi connectivity index (χ0v) is 14.7. The number of hydrogen-bond donors (Lipinski definition) is 1. The zero-order chi connectivity index (χ0) is 17.0. The van der Waals surface area contributed by atoms with E-state index in [4.69, 9.17) is 11.6 Å². The lowest BCUT2D eigenvalue weighted by atomic mass is 10.1. The van der Waals surface area contributed by atoms with Crippen molar-refractivity contribution >= 4 is 40.9 Å². The van der Waals surface area contributed by atoms with E-state index in [0.29, 0.717) is 21.8 Å². The Balaban J connectivity index is 2.22. The number of anilines is 1. The largest absolute Gasteiger partial charge is 0.345 e. The molecule has 0 bridgehead atoms. The highest BCUT2D eigenvalue weighted by atomic mass is 35.5. The van der Waals surface area contributed by atoms with E-state index in [9.17, 15) is 9.59 Å². The first-order valence-corrected chi connectivity index (χ1v) is 8.49. The zero-order valence-electron chi connectivity index (χ0n) is 13.1. The van der Waals surface area contributed by atoms with Crippen LogP contribution in [0.25, 0.3) is 0 Å². The normalized spacial score (nSPS) is 10.3. The number of hydrogen-bond acceptors (Lipinski definition) is 3. The standard InChI is InChI=1S/C17H17ClN2O2S/c1-20(2)17(22)12-6-9-14(18)15(10-12)19-16(21)11-4-7-13(23-3)8-5-11/h4-10H,1-3H3,(H,19,21). The van der Waals surface area contributed by atoms with Gasteiger partial charge < -0.3 is 10.2 Å². The molecule has 0 radical (unpaired) electrons. The number of carbonyl (C=O) groups excluding carboxylic acids is 2. The number of nitrogens with one attached hydrogen (secondary N) is 1. The number of rotatable bonds is 4. The molecular formula is C17H17ClN2O2S. The molecule has 0 unspecified atom stereocenters. The maximum atomic E-state index is 12.3. The lowest BCUT2D eigenvalue weighted by Gasteiger charge is -2.13. The molecule has 0 aliphatic carbocycles. The summed E-state index contributed by atoms with van der Waals surface area (Å²) in [6.45, 7) is 0. The summed E-state index contributed by atoms with van der Waals surface area (Å²) in [6, 6.07) is 12.1. The van der Waals surface area contributed by atoms with Gasteiger partial charge in [-0.2, -0.15) is 0 Å². The Hall–Kier alpha value is -1.98. The van der Waals surface area contributed by atoms with E-state index in [-0.39, 0.29) is 11.8 Å². The summed E-state index contributed by atoms with van der Waals surface area (Å²) in [6.07, 6.45) is 1.97. The summed E-state index contributed by atoms with van der Waals surface area (Å²) in [7, 11) is 3.34. The first kappa shape index (κ1) is 17.4. The van der Waals surface area contributed by atoms with Crippen molar-refractivity contribution in [3.05, 3.63) is 58.6 Å². The second-order valence-electron chi connectivity index (χ2n) is 5.08. The number of thioether (sulfide) groups is 1. The highest BCUT2D eigenvalue weighted by Crippen LogP contribution is 2.24. The molecule has 120 valence electrons. The monoisotopic (exact) mass is 348 g/mol. The van der Waals surface area contributed by atoms with Gasteiger partial charge in [0.25, 0.3) is 11.8 Å². The summed E-state index contributed by atoms with van der Waals surface area (Å²) >= 11 is 7.73. The van der Waals surface area contributed by atoms with Gasteiger partial charge in [-0.3, -0.25) is 9.59 Å². The minimum atomic E-state index is -0.269. The lowest BCUT2D eigenvalue weighted by molar-refractivity contribution is 0.0827. The van der Waals surface area contributed by atoms with Crippen molar-refractivity contribution in [2.24, 2.45) is 0 Å². The highest BCUT2D eigenvalue weighted by Gasteiger charge is 2.13. The third-order valence-electron chi connectivity index (χ3n) is 3.22. The molecule has 2 aromatic carbocycles. The van der Waals surface area contributed by atoms with Crippen molar-refractivity contribution in [1.29, 1.82) is 0 Å². The summed E-state index contributed by atoms with van der Waals surface area (Å²) < 4.78 is 0. The van der Waals surface area contributed by atoms with Gasteiger partial charge in [-0.05, 0) is 48.7 Å². The lowest BCUT2D eigenvalue weighted by Crippen LogP contribution is -2.22. The average molecular weight is 349 g/mol. The van der Waals surface area contributed by atoms with Gasteiger partial charge in [-0.1, -0.05) is 11.6 Å². The van der Waals surface area contributed by atoms with Crippen molar-refractivity contribution in [1.82, 2.24) is 4.90 Å². The Morgan fingerprint density at radius 2 is 1.65 bits per heavy atom. The predicted molar refractivity (Wildman–Crippen MR) is 95.6 cm³/mol. The molecule has 4 nitrogen and oxygen atoms in total. The van der Waals surface area contributed by atoms with Gasteiger partial charge in [0.05, 0.1) is 10.7 Å². The minimum absolute atomic E-state index is 0.151. The first-order valence-electron chi connectivity index (χ1n) is 6.89. The highest BCUT2D eigenvalue weighted by molar-refractivity contribution is 7.98. The SMILES string of the molecule is CSc1ccc(C(=O)Nc2cc(C(=O)N(C)C)ccc2Cl)cc1. The number of amides is 2. The van der Waals surface area contributed by atoms with Crippen LogP contribution in [-0.2, 0) is 0 Å². The molecule has 0 heterocycles. The van der Waals surface area contributed by atoms with Crippen LogP contribution in [0.2, 0.25) is 5.02 Å². The van der Waals surface area contributed by atoms with E-state index in [1.165, 1.54) is 4.90 Å². The predicted octanol–water partition coefficient (Wildman–Crippen LogP) is 4.02. The van der Waals surface area contributed by atoms with Gasteiger partial charge in [0.15, 0.2) is 0 Å². The Labute approximate surface area is 144 Å². The Bertz CT molecular complexity index is 730. The molecule has 0 saturated carbocycles. The molecule has 2 rings (SSSR count). The average Bonchev–Trinajstić information content (AvgIpc) is 2.56. The smallest absolute Gasteiger partial charge is 0.255 e. The van der Waals surface area contributed by atoms with Gasteiger partial charge >= 0.3 is 0 Å². The second-order valence-corrected chi connectivity index (χ2v) is 6.36. The van der Waals surface area contributed by atoms with Crippen molar-refractivity contribution in [2.45, 2.75) is 4.90 Å². The molecule has 0 saturated heterocycles. The third kappa shape index (κ3) is 4.27. The summed E-state index contributed by atoms with van der Waals surface area (Å²) in [5, 5.41) is 3.13. The molecule has 0 atom stereocenters. The van der Waals surface area contributed by atoms with Gasteiger partial charge in [-0.15, -0.1) is 11.8 Å². The number of nitrogens with zero attached hydrogens (tertiary/aromatic N) is 1. The minimum Gasteiger partial charge on any atom is -0.345 e. The quantitative estimate of drug-likeness (QED) is 0.849. The number of halogens is 1. The fourth-order valence-corrected chi connectivity index (χ4v) is 2.52. The molecule has 0 spiro atoms. The van der Waals surface area contributed by atoms with Crippen LogP contribution in [0.1, 0.15) is 20.7 Å². The first-order chi connectivity index (χ1) is 10.9. The third-order valence-corrected chi connectivity index (χ3v) is 4.29. The summed E-state index contributed by atoms with van der Waals surface area (Å²) in [4.78, 5) is 26.9.